The van der Waals surface area contributed by atoms with Crippen molar-refractivity contribution in [2.75, 3.05) is 52.9 Å². The molecule has 21 heavy (non-hydrogen) atoms. The fraction of sp³-hybridized carbons (Fsp3) is 0.857. The van der Waals surface area contributed by atoms with Crippen LogP contribution in [-0.2, 0) is 14.3 Å². The summed E-state index contributed by atoms with van der Waals surface area (Å²) in [7, 11) is 1.57. The van der Waals surface area contributed by atoms with Crippen LogP contribution in [0.3, 0.4) is 0 Å². The van der Waals surface area contributed by atoms with Crippen molar-refractivity contribution in [1.82, 2.24) is 15.1 Å². The van der Waals surface area contributed by atoms with Gasteiger partial charge in [-0.25, -0.2) is 0 Å². The van der Waals surface area contributed by atoms with E-state index in [-0.39, 0.29) is 17.9 Å². The zero-order valence-electron chi connectivity index (χ0n) is 13.1. The summed E-state index contributed by atoms with van der Waals surface area (Å²) in [5.74, 6) is 0.126. The molecule has 0 aromatic carbocycles. The molecule has 0 saturated carbocycles. The molecule has 0 spiro atoms. The van der Waals surface area contributed by atoms with E-state index in [0.29, 0.717) is 32.6 Å². The van der Waals surface area contributed by atoms with Crippen LogP contribution < -0.4 is 11.1 Å². The first-order chi connectivity index (χ1) is 10.1. The second-order valence-electron chi connectivity index (χ2n) is 5.30. The van der Waals surface area contributed by atoms with Gasteiger partial charge in [-0.15, -0.1) is 0 Å². The third kappa shape index (κ3) is 6.41. The van der Waals surface area contributed by atoms with Gasteiger partial charge in [0.2, 0.25) is 11.8 Å². The van der Waals surface area contributed by atoms with Gasteiger partial charge < -0.3 is 20.7 Å². The number of amides is 2. The maximum atomic E-state index is 12.1. The lowest BCUT2D eigenvalue weighted by atomic mass is 10.2. The lowest BCUT2D eigenvalue weighted by Gasteiger charge is -2.34. The van der Waals surface area contributed by atoms with Crippen LogP contribution in [0, 0.1) is 0 Å². The van der Waals surface area contributed by atoms with E-state index in [1.165, 1.54) is 0 Å². The molecule has 122 valence electrons. The van der Waals surface area contributed by atoms with E-state index < -0.39 is 0 Å². The molecule has 1 aliphatic rings. The van der Waals surface area contributed by atoms with Gasteiger partial charge >= 0.3 is 0 Å². The standard InChI is InChI=1S/C14H28N4O3/c1-3-4-16-13(19)11-17-5-7-18(8-6-17)14(20)9-12(10-15)21-2/h12H,3-11,15H2,1-2H3,(H,16,19). The van der Waals surface area contributed by atoms with E-state index in [9.17, 15) is 9.59 Å². The van der Waals surface area contributed by atoms with Crippen LogP contribution in [0.15, 0.2) is 0 Å². The molecule has 0 bridgehead atoms. The summed E-state index contributed by atoms with van der Waals surface area (Å²) in [4.78, 5) is 27.6. The van der Waals surface area contributed by atoms with Crippen molar-refractivity contribution >= 4 is 11.8 Å². The number of nitrogens with zero attached hydrogens (tertiary/aromatic N) is 2. The van der Waals surface area contributed by atoms with Gasteiger partial charge in [0.05, 0.1) is 19.1 Å². The molecule has 1 saturated heterocycles. The zero-order chi connectivity index (χ0) is 15.7. The molecule has 7 heteroatoms. The van der Waals surface area contributed by atoms with Crippen molar-refractivity contribution in [3.63, 3.8) is 0 Å². The normalized spacial score (nSPS) is 17.6. The highest BCUT2D eigenvalue weighted by Crippen LogP contribution is 2.06. The quantitative estimate of drug-likeness (QED) is 0.602. The van der Waals surface area contributed by atoms with E-state index in [0.717, 1.165) is 26.1 Å². The summed E-state index contributed by atoms with van der Waals surface area (Å²) in [5.41, 5.74) is 5.53. The van der Waals surface area contributed by atoms with Gasteiger partial charge in [-0.05, 0) is 6.42 Å². The number of rotatable bonds is 8. The summed E-state index contributed by atoms with van der Waals surface area (Å²) in [6.45, 7) is 6.26. The molecule has 7 nitrogen and oxygen atoms in total. The third-order valence-electron chi connectivity index (χ3n) is 3.66. The minimum absolute atomic E-state index is 0.0548. The van der Waals surface area contributed by atoms with Crippen LogP contribution in [0.4, 0.5) is 0 Å². The number of hydrogen-bond acceptors (Lipinski definition) is 5. The van der Waals surface area contributed by atoms with E-state index in [1.54, 1.807) is 7.11 Å². The number of nitrogens with one attached hydrogen (secondary N) is 1. The largest absolute Gasteiger partial charge is 0.380 e. The number of carbonyl (C=O) groups excluding carboxylic acids is 2. The van der Waals surface area contributed by atoms with E-state index in [2.05, 4.69) is 10.2 Å². The Labute approximate surface area is 126 Å². The summed E-state index contributed by atoms with van der Waals surface area (Å²) >= 11 is 0. The summed E-state index contributed by atoms with van der Waals surface area (Å²) in [6, 6.07) is 0. The first-order valence-electron chi connectivity index (χ1n) is 7.60. The monoisotopic (exact) mass is 300 g/mol. The highest BCUT2D eigenvalue weighted by Gasteiger charge is 2.23. The fourth-order valence-electron chi connectivity index (χ4n) is 2.27. The topological polar surface area (TPSA) is 87.9 Å². The van der Waals surface area contributed by atoms with Gasteiger partial charge in [0.15, 0.2) is 0 Å². The number of hydrogen-bond donors (Lipinski definition) is 2. The highest BCUT2D eigenvalue weighted by molar-refractivity contribution is 5.78. The second-order valence-corrected chi connectivity index (χ2v) is 5.30. The smallest absolute Gasteiger partial charge is 0.234 e. The Kier molecular flexibility index (Phi) is 8.26. The Hall–Kier alpha value is -1.18. The van der Waals surface area contributed by atoms with Gasteiger partial charge in [0.25, 0.3) is 0 Å². The number of ether oxygens (including phenoxy) is 1. The molecular formula is C14H28N4O3. The van der Waals surface area contributed by atoms with E-state index in [1.807, 2.05) is 11.8 Å². The molecule has 1 atom stereocenters. The molecule has 1 unspecified atom stereocenters. The predicted molar refractivity (Wildman–Crippen MR) is 80.8 cm³/mol. The highest BCUT2D eigenvalue weighted by atomic mass is 16.5. The van der Waals surface area contributed by atoms with Gasteiger partial charge in [-0.1, -0.05) is 6.92 Å². The first-order valence-corrected chi connectivity index (χ1v) is 7.60. The Balaban J connectivity index is 2.28. The average molecular weight is 300 g/mol. The Morgan fingerprint density at radius 1 is 1.29 bits per heavy atom. The Bertz CT molecular complexity index is 326. The number of carbonyl (C=O) groups is 2. The first kappa shape index (κ1) is 17.9. The van der Waals surface area contributed by atoms with Crippen molar-refractivity contribution in [2.24, 2.45) is 5.73 Å². The summed E-state index contributed by atoms with van der Waals surface area (Å²) < 4.78 is 5.14. The number of piperazine rings is 1. The third-order valence-corrected chi connectivity index (χ3v) is 3.66. The minimum atomic E-state index is -0.213. The van der Waals surface area contributed by atoms with E-state index >= 15 is 0 Å². The van der Waals surface area contributed by atoms with E-state index in [4.69, 9.17) is 10.5 Å². The summed E-state index contributed by atoms with van der Waals surface area (Å²) in [6.07, 6.45) is 1.05. The zero-order valence-corrected chi connectivity index (χ0v) is 13.1. The molecule has 1 rings (SSSR count). The number of methoxy groups -OCH3 is 1. The van der Waals surface area contributed by atoms with Crippen molar-refractivity contribution in [2.45, 2.75) is 25.9 Å². The van der Waals surface area contributed by atoms with Crippen LogP contribution in [0.2, 0.25) is 0 Å². The molecule has 1 aliphatic heterocycles. The molecule has 1 fully saturated rings. The molecule has 0 aliphatic carbocycles. The van der Waals surface area contributed by atoms with Gasteiger partial charge in [0, 0.05) is 46.4 Å². The molecular weight excluding hydrogens is 272 g/mol. The van der Waals surface area contributed by atoms with Crippen molar-refractivity contribution in [3.8, 4) is 0 Å². The van der Waals surface area contributed by atoms with Gasteiger partial charge in [-0.3, -0.25) is 14.5 Å². The average Bonchev–Trinajstić information content (AvgIpc) is 2.51. The molecule has 2 amide bonds. The van der Waals surface area contributed by atoms with Crippen LogP contribution >= 0.6 is 0 Å². The van der Waals surface area contributed by atoms with Crippen molar-refractivity contribution in [3.05, 3.63) is 0 Å². The van der Waals surface area contributed by atoms with Gasteiger partial charge in [-0.2, -0.15) is 0 Å². The minimum Gasteiger partial charge on any atom is -0.380 e. The maximum Gasteiger partial charge on any atom is 0.234 e. The fourth-order valence-corrected chi connectivity index (χ4v) is 2.27. The lowest BCUT2D eigenvalue weighted by Crippen LogP contribution is -2.51. The second kappa shape index (κ2) is 9.70. The van der Waals surface area contributed by atoms with Crippen molar-refractivity contribution in [1.29, 1.82) is 0 Å². The Morgan fingerprint density at radius 2 is 1.95 bits per heavy atom. The predicted octanol–water partition coefficient (Wildman–Crippen LogP) is -0.979. The van der Waals surface area contributed by atoms with Gasteiger partial charge in [0.1, 0.15) is 0 Å². The van der Waals surface area contributed by atoms with Crippen LogP contribution in [-0.4, -0.2) is 80.6 Å². The molecule has 0 radical (unpaired) electrons. The SMILES string of the molecule is CCCNC(=O)CN1CCN(C(=O)CC(CN)OC)CC1. The number of nitrogens with two attached hydrogens (primary N) is 1. The maximum absolute atomic E-state index is 12.1. The Morgan fingerprint density at radius 3 is 2.48 bits per heavy atom. The molecule has 3 N–H and O–H groups in total. The van der Waals surface area contributed by atoms with Crippen LogP contribution in [0.5, 0.6) is 0 Å². The van der Waals surface area contributed by atoms with Crippen LogP contribution in [0.25, 0.3) is 0 Å². The molecule has 0 aromatic rings. The molecule has 0 aromatic heterocycles. The van der Waals surface area contributed by atoms with Crippen molar-refractivity contribution < 1.29 is 14.3 Å². The lowest BCUT2D eigenvalue weighted by molar-refractivity contribution is -0.135. The molecule has 1 heterocycles. The summed E-state index contributed by atoms with van der Waals surface area (Å²) in [5, 5.41) is 2.86. The van der Waals surface area contributed by atoms with Crippen LogP contribution in [0.1, 0.15) is 19.8 Å².